The van der Waals surface area contributed by atoms with Crippen molar-refractivity contribution in [3.63, 3.8) is 0 Å². The quantitative estimate of drug-likeness (QED) is 0.226. The van der Waals surface area contributed by atoms with Crippen molar-refractivity contribution >= 4 is 54.1 Å². The van der Waals surface area contributed by atoms with Gasteiger partial charge < -0.3 is 0 Å². The Morgan fingerprint density at radius 1 is 0.730 bits per heavy atom. The van der Waals surface area contributed by atoms with Crippen molar-refractivity contribution in [1.82, 2.24) is 9.55 Å². The van der Waals surface area contributed by atoms with Crippen LogP contribution in [0.15, 0.2) is 103 Å². The summed E-state index contributed by atoms with van der Waals surface area (Å²) in [5.74, 6) is -0.866. The number of benzene rings is 5. The molecule has 0 amide bonds. The number of para-hydroxylation sites is 2. The number of hydrogen-bond donors (Lipinski definition) is 0. The van der Waals surface area contributed by atoms with Crippen LogP contribution in [0, 0.1) is 11.6 Å². The number of nitrogens with zero attached hydrogens (tertiary/aromatic N) is 2. The average Bonchev–Trinajstić information content (AvgIpc) is 3.49. The van der Waals surface area contributed by atoms with E-state index in [-0.39, 0.29) is 5.69 Å². The highest BCUT2D eigenvalue weighted by atomic mass is 35.5. The lowest BCUT2D eigenvalue weighted by atomic mass is 10.0. The first-order valence-electron chi connectivity index (χ1n) is 11.7. The summed E-state index contributed by atoms with van der Waals surface area (Å²) in [6.07, 6.45) is 0. The van der Waals surface area contributed by atoms with Crippen molar-refractivity contribution in [2.24, 2.45) is 0 Å². The SMILES string of the molecule is Fc1cc(-c2ccccc2)cc(F)c1-n1c(-c2ccc(Cl)c3c2sc2ccccc23)nc2ccccc21. The third-order valence-electron chi connectivity index (χ3n) is 6.62. The lowest BCUT2D eigenvalue weighted by molar-refractivity contribution is 0.572. The van der Waals surface area contributed by atoms with Crippen LogP contribution in [-0.4, -0.2) is 9.55 Å². The van der Waals surface area contributed by atoms with Crippen LogP contribution in [-0.2, 0) is 0 Å². The molecule has 0 unspecified atom stereocenters. The van der Waals surface area contributed by atoms with E-state index < -0.39 is 11.6 Å². The smallest absolute Gasteiger partial charge is 0.150 e. The van der Waals surface area contributed by atoms with E-state index in [0.717, 1.165) is 31.3 Å². The molecule has 0 saturated carbocycles. The maximum Gasteiger partial charge on any atom is 0.150 e. The van der Waals surface area contributed by atoms with Crippen molar-refractivity contribution in [3.05, 3.63) is 120 Å². The minimum Gasteiger partial charge on any atom is -0.287 e. The van der Waals surface area contributed by atoms with Crippen molar-refractivity contribution in [3.8, 4) is 28.2 Å². The summed E-state index contributed by atoms with van der Waals surface area (Å²) in [5, 5.41) is 2.59. The molecule has 0 fully saturated rings. The highest BCUT2D eigenvalue weighted by molar-refractivity contribution is 7.26. The molecule has 0 aliphatic heterocycles. The molecule has 0 radical (unpaired) electrons. The Labute approximate surface area is 220 Å². The van der Waals surface area contributed by atoms with Gasteiger partial charge in [0.25, 0.3) is 0 Å². The summed E-state index contributed by atoms with van der Waals surface area (Å²) in [7, 11) is 0. The lowest BCUT2D eigenvalue weighted by Gasteiger charge is -2.14. The Kier molecular flexibility index (Phi) is 5.10. The molecule has 0 bridgehead atoms. The van der Waals surface area contributed by atoms with Crippen LogP contribution in [0.2, 0.25) is 5.02 Å². The minimum absolute atomic E-state index is 0.160. The first-order valence-corrected chi connectivity index (χ1v) is 12.9. The Hall–Kier alpha value is -4.06. The van der Waals surface area contributed by atoms with Gasteiger partial charge in [-0.25, -0.2) is 13.8 Å². The summed E-state index contributed by atoms with van der Waals surface area (Å²) in [5.41, 5.74) is 3.09. The van der Waals surface area contributed by atoms with Crippen molar-refractivity contribution in [2.75, 3.05) is 0 Å². The summed E-state index contributed by atoms with van der Waals surface area (Å²) < 4.78 is 35.2. The fourth-order valence-electron chi connectivity index (χ4n) is 4.97. The third kappa shape index (κ3) is 3.46. The highest BCUT2D eigenvalue weighted by Crippen LogP contribution is 2.44. The first kappa shape index (κ1) is 22.2. The van der Waals surface area contributed by atoms with Crippen LogP contribution in [0.1, 0.15) is 0 Å². The minimum atomic E-state index is -0.662. The molecule has 5 aromatic carbocycles. The van der Waals surface area contributed by atoms with Crippen LogP contribution < -0.4 is 0 Å². The van der Waals surface area contributed by atoms with Crippen molar-refractivity contribution < 1.29 is 8.78 Å². The Bertz CT molecular complexity index is 1950. The van der Waals surface area contributed by atoms with E-state index in [2.05, 4.69) is 0 Å². The van der Waals surface area contributed by atoms with E-state index in [9.17, 15) is 0 Å². The van der Waals surface area contributed by atoms with E-state index in [0.29, 0.717) is 27.4 Å². The normalized spacial score (nSPS) is 11.6. The molecule has 2 heterocycles. The first-order chi connectivity index (χ1) is 18.1. The Balaban J connectivity index is 1.54. The molecule has 0 aliphatic rings. The van der Waals surface area contributed by atoms with Gasteiger partial charge in [-0.3, -0.25) is 4.57 Å². The Morgan fingerprint density at radius 2 is 1.43 bits per heavy atom. The summed E-state index contributed by atoms with van der Waals surface area (Å²) in [6.45, 7) is 0. The van der Waals surface area contributed by atoms with Crippen molar-refractivity contribution in [1.29, 1.82) is 0 Å². The van der Waals surface area contributed by atoms with Gasteiger partial charge in [0, 0.05) is 30.8 Å². The van der Waals surface area contributed by atoms with E-state index in [1.54, 1.807) is 15.9 Å². The zero-order valence-corrected chi connectivity index (χ0v) is 20.8. The fourth-order valence-corrected chi connectivity index (χ4v) is 6.53. The standard InChI is InChI=1S/C31H17ClF2N2S/c32-22-15-14-21(30-28(22)20-10-4-7-13-27(20)37-30)31-35-25-11-5-6-12-26(25)36(31)29-23(33)16-19(17-24(29)34)18-8-2-1-3-9-18/h1-17H. The van der Waals surface area contributed by atoms with E-state index in [1.165, 1.54) is 12.1 Å². The monoisotopic (exact) mass is 522 g/mol. The topological polar surface area (TPSA) is 17.8 Å². The summed E-state index contributed by atoms with van der Waals surface area (Å²) >= 11 is 8.25. The van der Waals surface area contributed by atoms with Crippen LogP contribution in [0.4, 0.5) is 8.78 Å². The van der Waals surface area contributed by atoms with E-state index in [4.69, 9.17) is 16.6 Å². The van der Waals surface area contributed by atoms with Gasteiger partial charge in [-0.1, -0.05) is 72.3 Å². The zero-order valence-electron chi connectivity index (χ0n) is 19.3. The molecule has 0 spiro atoms. The number of hydrogen-bond acceptors (Lipinski definition) is 2. The van der Waals surface area contributed by atoms with Gasteiger partial charge in [0.2, 0.25) is 0 Å². The molecule has 0 N–H and O–H groups in total. The van der Waals surface area contributed by atoms with E-state index in [1.807, 2.05) is 91.0 Å². The van der Waals surface area contributed by atoms with Gasteiger partial charge in [-0.15, -0.1) is 11.3 Å². The largest absolute Gasteiger partial charge is 0.287 e. The molecule has 0 saturated heterocycles. The van der Waals surface area contributed by atoms with Crippen LogP contribution >= 0.6 is 22.9 Å². The lowest BCUT2D eigenvalue weighted by Crippen LogP contribution is -2.04. The molecule has 37 heavy (non-hydrogen) atoms. The number of imidazole rings is 1. The fraction of sp³-hybridized carbons (Fsp3) is 0. The molecular weight excluding hydrogens is 506 g/mol. The predicted octanol–water partition coefficient (Wildman–Crippen LogP) is 9.66. The second-order valence-electron chi connectivity index (χ2n) is 8.81. The van der Waals surface area contributed by atoms with Gasteiger partial charge in [0.05, 0.1) is 11.0 Å². The number of thiophene rings is 1. The molecule has 2 aromatic heterocycles. The van der Waals surface area contributed by atoms with Gasteiger partial charge >= 0.3 is 0 Å². The molecule has 178 valence electrons. The molecule has 2 nitrogen and oxygen atoms in total. The molecule has 7 rings (SSSR count). The Morgan fingerprint density at radius 3 is 2.24 bits per heavy atom. The van der Waals surface area contributed by atoms with E-state index >= 15 is 8.78 Å². The van der Waals surface area contributed by atoms with Crippen LogP contribution in [0.3, 0.4) is 0 Å². The molecule has 7 aromatic rings. The molecule has 0 atom stereocenters. The predicted molar refractivity (Wildman–Crippen MR) is 150 cm³/mol. The summed E-state index contributed by atoms with van der Waals surface area (Å²) in [4.78, 5) is 4.87. The number of aromatic nitrogens is 2. The zero-order chi connectivity index (χ0) is 25.1. The number of fused-ring (bicyclic) bond motifs is 4. The van der Waals surface area contributed by atoms with Gasteiger partial charge in [0.15, 0.2) is 11.6 Å². The molecule has 6 heteroatoms. The van der Waals surface area contributed by atoms with Crippen molar-refractivity contribution in [2.45, 2.75) is 0 Å². The highest BCUT2D eigenvalue weighted by Gasteiger charge is 2.24. The molecule has 0 aliphatic carbocycles. The third-order valence-corrected chi connectivity index (χ3v) is 8.14. The van der Waals surface area contributed by atoms with Gasteiger partial charge in [-0.2, -0.15) is 0 Å². The average molecular weight is 523 g/mol. The number of halogens is 3. The van der Waals surface area contributed by atoms with Crippen LogP contribution in [0.25, 0.3) is 59.4 Å². The second kappa shape index (κ2) is 8.51. The maximum absolute atomic E-state index is 15.8. The van der Waals surface area contributed by atoms with Crippen LogP contribution in [0.5, 0.6) is 0 Å². The van der Waals surface area contributed by atoms with Gasteiger partial charge in [0.1, 0.15) is 11.5 Å². The summed E-state index contributed by atoms with van der Waals surface area (Å²) in [6, 6.07) is 31.1. The number of rotatable bonds is 3. The second-order valence-corrected chi connectivity index (χ2v) is 10.3. The van der Waals surface area contributed by atoms with Gasteiger partial charge in [-0.05, 0) is 53.6 Å². The molecular formula is C31H17ClF2N2S. The maximum atomic E-state index is 15.8.